The Bertz CT molecular complexity index is 953. The van der Waals surface area contributed by atoms with Crippen LogP contribution in [-0.2, 0) is 16.1 Å². The molecule has 0 radical (unpaired) electrons. The Morgan fingerprint density at radius 2 is 2.13 bits per heavy atom. The second-order valence-electron chi connectivity index (χ2n) is 8.30. The van der Waals surface area contributed by atoms with Gasteiger partial charge in [-0.3, -0.25) is 14.5 Å². The third-order valence-corrected chi connectivity index (χ3v) is 6.59. The smallest absolute Gasteiger partial charge is 0.290 e. The summed E-state index contributed by atoms with van der Waals surface area (Å²) in [6, 6.07) is 13.4. The molecule has 2 aromatic rings. The molecule has 8 nitrogen and oxygen atoms in total. The fourth-order valence-corrected chi connectivity index (χ4v) is 5.33. The van der Waals surface area contributed by atoms with Crippen molar-refractivity contribution in [2.75, 3.05) is 19.6 Å². The zero-order valence-electron chi connectivity index (χ0n) is 17.1. The predicted octanol–water partition coefficient (Wildman–Crippen LogP) is 2.26. The number of amides is 1. The molecule has 1 aromatic carbocycles. The predicted molar refractivity (Wildman–Crippen MR) is 110 cm³/mol. The monoisotopic (exact) mass is 423 g/mol. The van der Waals surface area contributed by atoms with E-state index < -0.39 is 0 Å². The van der Waals surface area contributed by atoms with E-state index in [-0.39, 0.29) is 24.1 Å². The molecule has 162 valence electrons. The van der Waals surface area contributed by atoms with Gasteiger partial charge in [0.05, 0.1) is 29.6 Å². The molecule has 8 heteroatoms. The fraction of sp³-hybridized carbons (Fsp3) is 0.435. The fourth-order valence-electron chi connectivity index (χ4n) is 5.33. The van der Waals surface area contributed by atoms with Crippen molar-refractivity contribution in [3.63, 3.8) is 0 Å². The van der Waals surface area contributed by atoms with E-state index in [0.717, 1.165) is 32.5 Å². The summed E-state index contributed by atoms with van der Waals surface area (Å²) in [4.78, 5) is 23.1. The Hall–Kier alpha value is -3.15. The number of likely N-dealkylation sites (tertiary alicyclic amines) is 1. The van der Waals surface area contributed by atoms with Gasteiger partial charge in [-0.05, 0) is 42.7 Å². The molecule has 3 fully saturated rings. The Kier molecular flexibility index (Phi) is 6.07. The third-order valence-electron chi connectivity index (χ3n) is 6.59. The van der Waals surface area contributed by atoms with Crippen LogP contribution in [0.3, 0.4) is 0 Å². The average molecular weight is 423 g/mol. The summed E-state index contributed by atoms with van der Waals surface area (Å²) >= 11 is 0. The highest BCUT2D eigenvalue weighted by Gasteiger charge is 2.62. The molecule has 0 unspecified atom stereocenters. The lowest BCUT2D eigenvalue weighted by molar-refractivity contribution is -0.122. The van der Waals surface area contributed by atoms with Gasteiger partial charge < -0.3 is 19.6 Å². The van der Waals surface area contributed by atoms with Crippen molar-refractivity contribution in [1.29, 1.82) is 5.26 Å². The van der Waals surface area contributed by atoms with Gasteiger partial charge in [0, 0.05) is 38.0 Å². The molecule has 1 aromatic heterocycles. The molecule has 3 aliphatic heterocycles. The molecule has 1 amide bonds. The van der Waals surface area contributed by atoms with Gasteiger partial charge in [-0.25, -0.2) is 0 Å². The number of rotatable bonds is 5. The van der Waals surface area contributed by atoms with Gasteiger partial charge in [0.15, 0.2) is 5.76 Å². The van der Waals surface area contributed by atoms with Crippen LogP contribution in [0, 0.1) is 23.2 Å². The first kappa shape index (κ1) is 21.1. The number of nitrogens with one attached hydrogen (secondary N) is 1. The van der Waals surface area contributed by atoms with Crippen LogP contribution in [-0.4, -0.2) is 53.7 Å². The molecule has 5 rings (SSSR count). The lowest BCUT2D eigenvalue weighted by atomic mass is 9.73. The van der Waals surface area contributed by atoms with Gasteiger partial charge in [-0.2, -0.15) is 5.26 Å². The Morgan fingerprint density at radius 3 is 2.81 bits per heavy atom. The Labute approximate surface area is 180 Å². The van der Waals surface area contributed by atoms with Crippen LogP contribution in [0.15, 0.2) is 47.1 Å². The highest BCUT2D eigenvalue weighted by molar-refractivity contribution is 5.91. The summed E-state index contributed by atoms with van der Waals surface area (Å²) < 4.78 is 11.7. The quantitative estimate of drug-likeness (QED) is 0.709. The maximum atomic E-state index is 12.2. The van der Waals surface area contributed by atoms with E-state index >= 15 is 0 Å². The first-order valence-corrected chi connectivity index (χ1v) is 10.4. The maximum Gasteiger partial charge on any atom is 0.290 e. The molecule has 2 N–H and O–H groups in total. The minimum atomic E-state index is -0.250. The van der Waals surface area contributed by atoms with E-state index in [4.69, 9.17) is 24.3 Å². The van der Waals surface area contributed by atoms with Crippen LogP contribution in [0.25, 0.3) is 0 Å². The molecular formula is C23H25N3O5. The van der Waals surface area contributed by atoms with Gasteiger partial charge in [0.25, 0.3) is 12.4 Å². The van der Waals surface area contributed by atoms with Gasteiger partial charge in [-0.15, -0.1) is 0 Å². The molecule has 4 atom stereocenters. The maximum absolute atomic E-state index is 12.2. The van der Waals surface area contributed by atoms with Crippen LogP contribution in [0.2, 0.25) is 0 Å². The van der Waals surface area contributed by atoms with Crippen molar-refractivity contribution >= 4 is 12.4 Å². The number of carbonyl (C=O) groups excluding carboxylic acids is 1. The Morgan fingerprint density at radius 1 is 1.35 bits per heavy atom. The SMILES string of the molecule is N#Cc1ccc(CN2C[C@@H]3[C@H](CNC(=O)c4ccco4)[C@H]4CC[C@]3(C2)O4)cc1.O=CO. The summed E-state index contributed by atoms with van der Waals surface area (Å²) in [5, 5.41) is 18.9. The molecule has 2 bridgehead atoms. The number of benzene rings is 1. The highest BCUT2D eigenvalue weighted by atomic mass is 16.5. The lowest BCUT2D eigenvalue weighted by Gasteiger charge is -2.29. The number of furan rings is 1. The van der Waals surface area contributed by atoms with E-state index in [1.165, 1.54) is 11.8 Å². The summed E-state index contributed by atoms with van der Waals surface area (Å²) in [6.07, 6.45) is 3.94. The zero-order chi connectivity index (χ0) is 21.8. The number of carbonyl (C=O) groups is 2. The van der Waals surface area contributed by atoms with Crippen LogP contribution in [0.4, 0.5) is 0 Å². The minimum absolute atomic E-state index is 0.0582. The van der Waals surface area contributed by atoms with E-state index in [1.807, 2.05) is 24.3 Å². The molecule has 31 heavy (non-hydrogen) atoms. The number of carboxylic acid groups (broad SMARTS) is 1. The topological polar surface area (TPSA) is 116 Å². The number of ether oxygens (including phenoxy) is 1. The summed E-state index contributed by atoms with van der Waals surface area (Å²) in [6.45, 7) is 3.17. The van der Waals surface area contributed by atoms with E-state index in [1.54, 1.807) is 12.1 Å². The highest BCUT2D eigenvalue weighted by Crippen LogP contribution is 2.54. The number of nitrogens with zero attached hydrogens (tertiary/aromatic N) is 2. The molecule has 3 saturated heterocycles. The van der Waals surface area contributed by atoms with Crippen LogP contribution in [0.5, 0.6) is 0 Å². The van der Waals surface area contributed by atoms with E-state index in [0.29, 0.717) is 29.7 Å². The zero-order valence-corrected chi connectivity index (χ0v) is 17.1. The summed E-state index contributed by atoms with van der Waals surface area (Å²) in [7, 11) is 0. The van der Waals surface area contributed by atoms with Gasteiger partial charge in [0.1, 0.15) is 0 Å². The number of hydrogen-bond donors (Lipinski definition) is 2. The van der Waals surface area contributed by atoms with Gasteiger partial charge in [-0.1, -0.05) is 12.1 Å². The summed E-state index contributed by atoms with van der Waals surface area (Å²) in [5.41, 5.74) is 1.85. The van der Waals surface area contributed by atoms with Crippen molar-refractivity contribution < 1.29 is 23.8 Å². The van der Waals surface area contributed by atoms with Crippen LogP contribution in [0.1, 0.15) is 34.5 Å². The molecule has 1 spiro atoms. The van der Waals surface area contributed by atoms with E-state index in [2.05, 4.69) is 16.3 Å². The second-order valence-corrected chi connectivity index (χ2v) is 8.30. The number of hydrogen-bond acceptors (Lipinski definition) is 6. The van der Waals surface area contributed by atoms with Crippen LogP contribution < -0.4 is 5.32 Å². The van der Waals surface area contributed by atoms with Crippen LogP contribution >= 0.6 is 0 Å². The van der Waals surface area contributed by atoms with Crippen molar-refractivity contribution in [2.45, 2.75) is 31.1 Å². The minimum Gasteiger partial charge on any atom is -0.483 e. The second kappa shape index (κ2) is 8.92. The molecule has 3 aliphatic rings. The first-order valence-electron chi connectivity index (χ1n) is 10.4. The molecular weight excluding hydrogens is 398 g/mol. The third kappa shape index (κ3) is 4.20. The lowest BCUT2D eigenvalue weighted by Crippen LogP contribution is -2.41. The van der Waals surface area contributed by atoms with Crippen molar-refractivity contribution in [3.8, 4) is 6.07 Å². The summed E-state index contributed by atoms with van der Waals surface area (Å²) in [5.74, 6) is 0.988. The van der Waals surface area contributed by atoms with Gasteiger partial charge >= 0.3 is 0 Å². The average Bonchev–Trinajstić information content (AvgIpc) is 3.54. The van der Waals surface area contributed by atoms with Gasteiger partial charge in [0.2, 0.25) is 0 Å². The molecule has 4 heterocycles. The van der Waals surface area contributed by atoms with Crippen molar-refractivity contribution in [3.05, 3.63) is 59.5 Å². The standard InChI is InChI=1S/C22H23N3O3.CH2O2/c23-10-15-3-5-16(6-4-15)12-25-13-18-17(19-7-8-22(18,14-25)28-19)11-24-21(26)20-2-1-9-27-20;2-1-3/h1-6,9,17-19H,7-8,11-14H2,(H,24,26);1H,(H,2,3)/t17-,18+,19+,22+;/m0./s1. The molecule has 0 aliphatic carbocycles. The van der Waals surface area contributed by atoms with Crippen molar-refractivity contribution in [2.24, 2.45) is 11.8 Å². The normalized spacial score (nSPS) is 28.3. The molecule has 0 saturated carbocycles. The first-order chi connectivity index (χ1) is 15.1. The van der Waals surface area contributed by atoms with Crippen molar-refractivity contribution in [1.82, 2.24) is 10.2 Å². The Balaban J connectivity index is 0.000000730. The number of nitriles is 1. The largest absolute Gasteiger partial charge is 0.483 e. The van der Waals surface area contributed by atoms with E-state index in [9.17, 15) is 4.79 Å². The number of fused-ring (bicyclic) bond motifs is 1.